The van der Waals surface area contributed by atoms with E-state index in [4.69, 9.17) is 5.11 Å². The van der Waals surface area contributed by atoms with Crippen LogP contribution in [0, 0.1) is 0 Å². The van der Waals surface area contributed by atoms with Crippen molar-refractivity contribution in [1.82, 2.24) is 5.32 Å². The summed E-state index contributed by atoms with van der Waals surface area (Å²) in [7, 11) is -0.722. The summed E-state index contributed by atoms with van der Waals surface area (Å²) >= 11 is 0. The molecule has 0 saturated carbocycles. The van der Waals surface area contributed by atoms with Gasteiger partial charge in [-0.05, 0) is 31.0 Å². The van der Waals surface area contributed by atoms with Gasteiger partial charge in [0.15, 0.2) is 0 Å². The van der Waals surface area contributed by atoms with Gasteiger partial charge in [-0.3, -0.25) is 9.00 Å². The summed E-state index contributed by atoms with van der Waals surface area (Å²) in [6.45, 7) is 3.27. The van der Waals surface area contributed by atoms with Crippen LogP contribution in [0.15, 0.2) is 24.3 Å². The van der Waals surface area contributed by atoms with Gasteiger partial charge in [0.1, 0.15) is 0 Å². The van der Waals surface area contributed by atoms with Crippen molar-refractivity contribution in [3.8, 4) is 0 Å². The van der Waals surface area contributed by atoms with Crippen LogP contribution in [0.25, 0.3) is 0 Å². The summed E-state index contributed by atoms with van der Waals surface area (Å²) in [5.41, 5.74) is 1.94. The highest BCUT2D eigenvalue weighted by Gasteiger charge is 2.12. The quantitative estimate of drug-likeness (QED) is 0.713. The van der Waals surface area contributed by atoms with E-state index in [-0.39, 0.29) is 0 Å². The molecule has 0 bridgehead atoms. The van der Waals surface area contributed by atoms with Gasteiger partial charge in [0, 0.05) is 29.4 Å². The first-order chi connectivity index (χ1) is 9.00. The minimum absolute atomic E-state index is 0.471. The van der Waals surface area contributed by atoms with E-state index in [1.165, 1.54) is 0 Å². The lowest BCUT2D eigenvalue weighted by atomic mass is 10.0. The van der Waals surface area contributed by atoms with Crippen molar-refractivity contribution in [3.05, 3.63) is 35.4 Å². The lowest BCUT2D eigenvalue weighted by Gasteiger charge is -2.08. The predicted molar refractivity (Wildman–Crippen MR) is 77.7 cm³/mol. The number of benzene rings is 1. The zero-order valence-electron chi connectivity index (χ0n) is 11.4. The maximum absolute atomic E-state index is 10.9. The Morgan fingerprint density at radius 2 is 2.00 bits per heavy atom. The Morgan fingerprint density at radius 1 is 1.37 bits per heavy atom. The second-order valence-electron chi connectivity index (χ2n) is 4.61. The van der Waals surface area contributed by atoms with Crippen molar-refractivity contribution in [2.45, 2.75) is 25.8 Å². The highest BCUT2D eigenvalue weighted by Crippen LogP contribution is 2.15. The molecule has 0 spiro atoms. The van der Waals surface area contributed by atoms with E-state index >= 15 is 0 Å². The normalized spacial score (nSPS) is 14.0. The molecule has 0 fully saturated rings. The average molecular weight is 283 g/mol. The van der Waals surface area contributed by atoms with Crippen molar-refractivity contribution in [1.29, 1.82) is 0 Å². The lowest BCUT2D eigenvalue weighted by Crippen LogP contribution is -2.16. The standard InChI is InChI=1S/C14H21NO3S/c1-11(14(16)17)13-6-4-12(5-7-13)10-15-8-3-9-19(2)18/h4-7,11,15H,3,8-10H2,1-2H3,(H,16,17). The van der Waals surface area contributed by atoms with E-state index < -0.39 is 22.7 Å². The molecule has 0 saturated heterocycles. The summed E-state index contributed by atoms with van der Waals surface area (Å²) in [5, 5.41) is 12.2. The monoisotopic (exact) mass is 283 g/mol. The van der Waals surface area contributed by atoms with E-state index in [0.717, 1.165) is 36.4 Å². The third-order valence-electron chi connectivity index (χ3n) is 2.96. The van der Waals surface area contributed by atoms with Crippen molar-refractivity contribution in [2.75, 3.05) is 18.6 Å². The van der Waals surface area contributed by atoms with Crippen molar-refractivity contribution in [3.63, 3.8) is 0 Å². The molecule has 1 rings (SSSR count). The molecular weight excluding hydrogens is 262 g/mol. The average Bonchev–Trinajstić information content (AvgIpc) is 2.37. The van der Waals surface area contributed by atoms with Gasteiger partial charge in [-0.25, -0.2) is 0 Å². The van der Waals surface area contributed by atoms with E-state index in [1.54, 1.807) is 13.2 Å². The van der Waals surface area contributed by atoms with Gasteiger partial charge in [0.2, 0.25) is 0 Å². The van der Waals surface area contributed by atoms with Gasteiger partial charge in [-0.15, -0.1) is 0 Å². The lowest BCUT2D eigenvalue weighted by molar-refractivity contribution is -0.138. The van der Waals surface area contributed by atoms with Crippen LogP contribution in [-0.4, -0.2) is 33.8 Å². The SMILES string of the molecule is CC(C(=O)O)c1ccc(CNCCCS(C)=O)cc1. The molecule has 0 aliphatic carbocycles. The van der Waals surface area contributed by atoms with Gasteiger partial charge in [0.05, 0.1) is 5.92 Å². The molecule has 0 radical (unpaired) electrons. The molecule has 2 unspecified atom stereocenters. The largest absolute Gasteiger partial charge is 0.481 e. The Bertz CT molecular complexity index is 431. The van der Waals surface area contributed by atoms with Crippen LogP contribution < -0.4 is 5.32 Å². The fraction of sp³-hybridized carbons (Fsp3) is 0.500. The molecule has 1 aromatic rings. The highest BCUT2D eigenvalue weighted by atomic mass is 32.2. The van der Waals surface area contributed by atoms with Crippen molar-refractivity contribution in [2.24, 2.45) is 0 Å². The van der Waals surface area contributed by atoms with Gasteiger partial charge >= 0.3 is 5.97 Å². The summed E-state index contributed by atoms with van der Waals surface area (Å²) < 4.78 is 10.9. The van der Waals surface area contributed by atoms with E-state index in [9.17, 15) is 9.00 Å². The second-order valence-corrected chi connectivity index (χ2v) is 6.16. The highest BCUT2D eigenvalue weighted by molar-refractivity contribution is 7.84. The number of rotatable bonds is 8. The molecule has 5 heteroatoms. The Balaban J connectivity index is 2.36. The predicted octanol–water partition coefficient (Wildman–Crippen LogP) is 1.73. The Morgan fingerprint density at radius 3 is 2.53 bits per heavy atom. The third kappa shape index (κ3) is 5.98. The molecule has 19 heavy (non-hydrogen) atoms. The van der Waals surface area contributed by atoms with Crippen LogP contribution in [0.4, 0.5) is 0 Å². The number of hydrogen-bond donors (Lipinski definition) is 2. The third-order valence-corrected chi connectivity index (χ3v) is 3.83. The fourth-order valence-corrected chi connectivity index (χ4v) is 2.25. The summed E-state index contributed by atoms with van der Waals surface area (Å²) in [6.07, 6.45) is 2.61. The molecule has 0 aliphatic rings. The molecule has 0 aliphatic heterocycles. The number of carbonyl (C=O) groups is 1. The number of aliphatic carboxylic acids is 1. The Kier molecular flexibility index (Phi) is 6.73. The summed E-state index contributed by atoms with van der Waals surface area (Å²) in [6, 6.07) is 7.60. The topological polar surface area (TPSA) is 66.4 Å². The molecule has 1 aromatic carbocycles. The molecule has 106 valence electrons. The second kappa shape index (κ2) is 8.07. The zero-order chi connectivity index (χ0) is 14.3. The number of carboxylic acid groups (broad SMARTS) is 1. The maximum atomic E-state index is 10.9. The fourth-order valence-electron chi connectivity index (χ4n) is 1.70. The first-order valence-electron chi connectivity index (χ1n) is 6.33. The maximum Gasteiger partial charge on any atom is 0.310 e. The Hall–Kier alpha value is -1.20. The van der Waals surface area contributed by atoms with Crippen LogP contribution in [0.1, 0.15) is 30.4 Å². The zero-order valence-corrected chi connectivity index (χ0v) is 12.2. The molecular formula is C14H21NO3S. The number of hydrogen-bond acceptors (Lipinski definition) is 3. The number of nitrogens with one attached hydrogen (secondary N) is 1. The van der Waals surface area contributed by atoms with Crippen LogP contribution in [0.2, 0.25) is 0 Å². The van der Waals surface area contributed by atoms with Crippen molar-refractivity contribution >= 4 is 16.8 Å². The minimum Gasteiger partial charge on any atom is -0.481 e. The molecule has 2 atom stereocenters. The molecule has 0 amide bonds. The van der Waals surface area contributed by atoms with Crippen LogP contribution >= 0.6 is 0 Å². The minimum atomic E-state index is -0.807. The van der Waals surface area contributed by atoms with Crippen molar-refractivity contribution < 1.29 is 14.1 Å². The van der Waals surface area contributed by atoms with E-state index in [2.05, 4.69) is 5.32 Å². The molecule has 4 nitrogen and oxygen atoms in total. The van der Waals surface area contributed by atoms with Crippen LogP contribution in [0.3, 0.4) is 0 Å². The van der Waals surface area contributed by atoms with E-state index in [1.807, 2.05) is 24.3 Å². The van der Waals surface area contributed by atoms with E-state index in [0.29, 0.717) is 0 Å². The smallest absolute Gasteiger partial charge is 0.310 e. The summed E-state index contributed by atoms with van der Waals surface area (Å²) in [4.78, 5) is 10.8. The molecule has 0 heterocycles. The van der Waals surface area contributed by atoms with Crippen LogP contribution in [-0.2, 0) is 22.1 Å². The van der Waals surface area contributed by atoms with Gasteiger partial charge in [0.25, 0.3) is 0 Å². The first-order valence-corrected chi connectivity index (χ1v) is 8.06. The van der Waals surface area contributed by atoms with Gasteiger partial charge in [-0.2, -0.15) is 0 Å². The molecule has 2 N–H and O–H groups in total. The van der Waals surface area contributed by atoms with Crippen LogP contribution in [0.5, 0.6) is 0 Å². The summed E-state index contributed by atoms with van der Waals surface area (Å²) in [5.74, 6) is -0.554. The Labute approximate surface area is 116 Å². The molecule has 0 aromatic heterocycles. The number of carboxylic acids is 1. The first kappa shape index (κ1) is 15.9. The van der Waals surface area contributed by atoms with Gasteiger partial charge in [-0.1, -0.05) is 24.3 Å². The van der Waals surface area contributed by atoms with Gasteiger partial charge < -0.3 is 10.4 Å².